The number of alkyl halides is 1. The number of hydrogen-bond donors (Lipinski definition) is 2. The Morgan fingerprint density at radius 3 is 2.71 bits per heavy atom. The van der Waals surface area contributed by atoms with E-state index < -0.39 is 17.8 Å². The molecule has 0 radical (unpaired) electrons. The molecule has 2 heterocycles. The monoisotopic (exact) mass is 572 g/mol. The number of halogens is 3. The van der Waals surface area contributed by atoms with Gasteiger partial charge in [0.2, 0.25) is 5.91 Å². The maximum Gasteiger partial charge on any atom is 0.335 e. The number of likely N-dealkylation sites (N-methyl/N-ethyl adjacent to an activating group) is 2. The van der Waals surface area contributed by atoms with Crippen LogP contribution in [-0.4, -0.2) is 51.6 Å². The Kier molecular flexibility index (Phi) is 7.60. The van der Waals surface area contributed by atoms with Crippen molar-refractivity contribution in [3.63, 3.8) is 0 Å². The van der Waals surface area contributed by atoms with Gasteiger partial charge in [0.15, 0.2) is 10.8 Å². The molecule has 31 heavy (non-hydrogen) atoms. The summed E-state index contributed by atoms with van der Waals surface area (Å²) in [5, 5.41) is 15.1. The van der Waals surface area contributed by atoms with Crippen LogP contribution in [0, 0.1) is 5.82 Å². The zero-order valence-corrected chi connectivity index (χ0v) is 20.6. The molecule has 0 bridgehead atoms. The lowest BCUT2D eigenvalue weighted by Crippen LogP contribution is -2.41. The highest BCUT2D eigenvalue weighted by molar-refractivity contribution is 9.10. The predicted molar refractivity (Wildman–Crippen MR) is 124 cm³/mol. The highest BCUT2D eigenvalue weighted by Gasteiger charge is 2.38. The Bertz CT molecular complexity index is 1090. The van der Waals surface area contributed by atoms with Gasteiger partial charge in [-0.2, -0.15) is 0 Å². The number of amidine groups is 1. The van der Waals surface area contributed by atoms with Crippen LogP contribution in [0.5, 0.6) is 0 Å². The van der Waals surface area contributed by atoms with E-state index in [-0.39, 0.29) is 23.2 Å². The van der Waals surface area contributed by atoms with E-state index in [0.29, 0.717) is 38.8 Å². The molecule has 1 unspecified atom stereocenters. The summed E-state index contributed by atoms with van der Waals surface area (Å²) < 4.78 is 14.2. The Morgan fingerprint density at radius 2 is 2.13 bits per heavy atom. The number of aromatic nitrogens is 1. The summed E-state index contributed by atoms with van der Waals surface area (Å²) in [6.07, 6.45) is 0.140. The molecular formula is C20H19Br2FN4O3S. The second-order valence-corrected chi connectivity index (χ2v) is 8.86. The molecule has 2 aromatic rings. The molecule has 0 spiro atoms. The van der Waals surface area contributed by atoms with Crippen molar-refractivity contribution in [3.8, 4) is 0 Å². The zero-order valence-electron chi connectivity index (χ0n) is 16.7. The van der Waals surface area contributed by atoms with Gasteiger partial charge in [0.05, 0.1) is 29.4 Å². The van der Waals surface area contributed by atoms with Crippen molar-refractivity contribution in [1.82, 2.24) is 15.2 Å². The second kappa shape index (κ2) is 10.0. The quantitative estimate of drug-likeness (QED) is 0.490. The van der Waals surface area contributed by atoms with E-state index in [1.807, 2.05) is 11.8 Å². The SMILES string of the molecule is CCN1C(c2nc(CC(=O)NC)cs2)=NC(CBr)=C(C(=O)O)C1c1ccc(F)cc1Br. The van der Waals surface area contributed by atoms with Crippen LogP contribution >= 0.6 is 43.2 Å². The van der Waals surface area contributed by atoms with Gasteiger partial charge in [-0.1, -0.05) is 37.9 Å². The topological polar surface area (TPSA) is 94.9 Å². The highest BCUT2D eigenvalue weighted by Crippen LogP contribution is 2.40. The number of hydrogen-bond acceptors (Lipinski definition) is 6. The van der Waals surface area contributed by atoms with Crippen LogP contribution in [0.4, 0.5) is 4.39 Å². The van der Waals surface area contributed by atoms with E-state index >= 15 is 0 Å². The summed E-state index contributed by atoms with van der Waals surface area (Å²) in [6.45, 7) is 2.32. The number of aliphatic imine (C=N–C) groups is 1. The molecule has 7 nitrogen and oxygen atoms in total. The first-order valence-electron chi connectivity index (χ1n) is 9.28. The van der Waals surface area contributed by atoms with Gasteiger partial charge in [0, 0.05) is 28.8 Å². The lowest BCUT2D eigenvalue weighted by Gasteiger charge is -2.37. The lowest BCUT2D eigenvalue weighted by atomic mass is 9.93. The maximum absolute atomic E-state index is 13.7. The number of nitrogens with one attached hydrogen (secondary N) is 1. The number of carbonyl (C=O) groups is 2. The number of amides is 1. The number of carboxylic acid groups (broad SMARTS) is 1. The molecule has 1 aliphatic rings. The Labute approximate surface area is 199 Å². The minimum Gasteiger partial charge on any atom is -0.478 e. The van der Waals surface area contributed by atoms with Crippen LogP contribution in [0.15, 0.2) is 44.3 Å². The van der Waals surface area contributed by atoms with Crippen LogP contribution in [0.3, 0.4) is 0 Å². The van der Waals surface area contributed by atoms with Gasteiger partial charge in [-0.05, 0) is 24.6 Å². The van der Waals surface area contributed by atoms with E-state index in [2.05, 4.69) is 47.2 Å². The number of benzene rings is 1. The van der Waals surface area contributed by atoms with E-state index in [0.717, 1.165) is 0 Å². The molecule has 3 rings (SSSR count). The van der Waals surface area contributed by atoms with E-state index in [9.17, 15) is 19.1 Å². The summed E-state index contributed by atoms with van der Waals surface area (Å²) in [5.41, 5.74) is 1.67. The fraction of sp³-hybridized carbons (Fsp3) is 0.300. The number of nitrogens with zero attached hydrogens (tertiary/aromatic N) is 3. The van der Waals surface area contributed by atoms with Crippen LogP contribution in [0.2, 0.25) is 0 Å². The molecule has 1 aliphatic heterocycles. The van der Waals surface area contributed by atoms with Gasteiger partial charge in [0.1, 0.15) is 5.82 Å². The number of thiazole rings is 1. The lowest BCUT2D eigenvalue weighted by molar-refractivity contribution is -0.133. The van der Waals surface area contributed by atoms with E-state index in [1.165, 1.54) is 23.5 Å². The third-order valence-electron chi connectivity index (χ3n) is 4.73. The number of allylic oxidation sites excluding steroid dienone is 1. The fourth-order valence-corrected chi connectivity index (χ4v) is 5.14. The van der Waals surface area contributed by atoms with Crippen molar-refractivity contribution in [2.45, 2.75) is 19.4 Å². The van der Waals surface area contributed by atoms with Crippen molar-refractivity contribution in [2.24, 2.45) is 4.99 Å². The van der Waals surface area contributed by atoms with Crippen molar-refractivity contribution in [3.05, 3.63) is 61.4 Å². The highest BCUT2D eigenvalue weighted by atomic mass is 79.9. The molecule has 1 aromatic heterocycles. The van der Waals surface area contributed by atoms with E-state index in [4.69, 9.17) is 0 Å². The molecule has 11 heteroatoms. The van der Waals surface area contributed by atoms with Crippen molar-refractivity contribution < 1.29 is 19.1 Å². The molecule has 0 fully saturated rings. The third-order valence-corrected chi connectivity index (χ3v) is 6.83. The number of aliphatic carboxylic acids is 1. The summed E-state index contributed by atoms with van der Waals surface area (Å²) in [6, 6.07) is 3.48. The van der Waals surface area contributed by atoms with Crippen molar-refractivity contribution in [2.75, 3.05) is 18.9 Å². The Balaban J connectivity index is 2.16. The first-order valence-corrected chi connectivity index (χ1v) is 12.1. The third kappa shape index (κ3) is 4.88. The molecule has 0 saturated carbocycles. The standard InChI is InChI=1S/C20H19Br2FN4O3S/c1-3-27-17(12-5-4-10(23)6-13(12)22)16(20(29)30)14(8-21)26-18(27)19-25-11(9-31-19)7-15(28)24-2/h4-6,9,17H,3,7-8H2,1-2H3,(H,24,28)(H,29,30). The van der Waals surface area contributed by atoms with Crippen LogP contribution < -0.4 is 5.32 Å². The molecular weight excluding hydrogens is 555 g/mol. The predicted octanol–water partition coefficient (Wildman–Crippen LogP) is 3.89. The average Bonchev–Trinajstić information content (AvgIpc) is 3.20. The number of rotatable bonds is 7. The first-order chi connectivity index (χ1) is 14.8. The Hall–Kier alpha value is -2.11. The summed E-state index contributed by atoms with van der Waals surface area (Å²) in [7, 11) is 1.56. The summed E-state index contributed by atoms with van der Waals surface area (Å²) >= 11 is 8.07. The molecule has 0 saturated heterocycles. The van der Waals surface area contributed by atoms with Gasteiger partial charge < -0.3 is 15.3 Å². The van der Waals surface area contributed by atoms with Crippen LogP contribution in [-0.2, 0) is 16.0 Å². The molecule has 1 amide bonds. The molecule has 0 aliphatic carbocycles. The molecule has 1 atom stereocenters. The van der Waals surface area contributed by atoms with Gasteiger partial charge in [-0.3, -0.25) is 4.79 Å². The second-order valence-electron chi connectivity index (χ2n) is 6.58. The van der Waals surface area contributed by atoms with Crippen molar-refractivity contribution >= 4 is 60.9 Å². The summed E-state index contributed by atoms with van der Waals surface area (Å²) in [5.74, 6) is -1.17. The minimum atomic E-state index is -1.10. The number of carboxylic acids is 1. The molecule has 2 N–H and O–H groups in total. The molecule has 164 valence electrons. The van der Waals surface area contributed by atoms with Gasteiger partial charge in [-0.25, -0.2) is 19.2 Å². The van der Waals surface area contributed by atoms with Crippen molar-refractivity contribution in [1.29, 1.82) is 0 Å². The minimum absolute atomic E-state index is 0.108. The zero-order chi connectivity index (χ0) is 22.7. The van der Waals surface area contributed by atoms with Gasteiger partial charge in [-0.15, -0.1) is 11.3 Å². The molecule has 1 aromatic carbocycles. The summed E-state index contributed by atoms with van der Waals surface area (Å²) in [4.78, 5) is 34.9. The van der Waals surface area contributed by atoms with E-state index in [1.54, 1.807) is 18.5 Å². The van der Waals surface area contributed by atoms with Crippen LogP contribution in [0.1, 0.15) is 29.2 Å². The fourth-order valence-electron chi connectivity index (χ4n) is 3.32. The maximum atomic E-state index is 13.7. The van der Waals surface area contributed by atoms with Gasteiger partial charge >= 0.3 is 5.97 Å². The normalized spacial score (nSPS) is 16.4. The average molecular weight is 574 g/mol. The first kappa shape index (κ1) is 23.6. The number of carbonyl (C=O) groups excluding carboxylic acids is 1. The van der Waals surface area contributed by atoms with Crippen LogP contribution in [0.25, 0.3) is 0 Å². The smallest absolute Gasteiger partial charge is 0.335 e. The van der Waals surface area contributed by atoms with Gasteiger partial charge in [0.25, 0.3) is 0 Å². The largest absolute Gasteiger partial charge is 0.478 e. The Morgan fingerprint density at radius 1 is 1.39 bits per heavy atom.